The molecule has 4 nitrogen and oxygen atoms in total. The Balaban J connectivity index is 2.15. The molecule has 0 saturated carbocycles. The van der Waals surface area contributed by atoms with Crippen LogP contribution in [0.5, 0.6) is 0 Å². The largest absolute Gasteiger partial charge is 0.493 e. The molecule has 0 bridgehead atoms. The molecule has 0 N–H and O–H groups in total. The van der Waals surface area contributed by atoms with E-state index in [0.29, 0.717) is 18.8 Å². The van der Waals surface area contributed by atoms with Crippen LogP contribution < -0.4 is 4.90 Å². The van der Waals surface area contributed by atoms with Gasteiger partial charge in [0, 0.05) is 18.8 Å². The molecule has 1 aliphatic rings. The summed E-state index contributed by atoms with van der Waals surface area (Å²) in [7, 11) is 0. The summed E-state index contributed by atoms with van der Waals surface area (Å²) < 4.78 is 5.59. The fourth-order valence-corrected chi connectivity index (χ4v) is 2.58. The minimum absolute atomic E-state index is 0.146. The van der Waals surface area contributed by atoms with E-state index < -0.39 is 0 Å². The average Bonchev–Trinajstić information content (AvgIpc) is 2.63. The number of allylic oxidation sites excluding steroid dienone is 3. The Kier molecular flexibility index (Phi) is 6.23. The summed E-state index contributed by atoms with van der Waals surface area (Å²) in [6, 6.07) is 10.3. The fraction of sp³-hybridized carbons (Fsp3) is 0.300. The zero-order valence-corrected chi connectivity index (χ0v) is 14.1. The van der Waals surface area contributed by atoms with Gasteiger partial charge in [-0.3, -0.25) is 0 Å². The van der Waals surface area contributed by atoms with Gasteiger partial charge in [-0.05, 0) is 55.7 Å². The molecule has 122 valence electrons. The van der Waals surface area contributed by atoms with Gasteiger partial charge in [-0.1, -0.05) is 18.2 Å². The van der Waals surface area contributed by atoms with Crippen molar-refractivity contribution in [2.24, 2.45) is 0 Å². The lowest BCUT2D eigenvalue weighted by atomic mass is 10.1. The molecule has 0 aliphatic carbocycles. The van der Waals surface area contributed by atoms with Gasteiger partial charge < -0.3 is 9.64 Å². The van der Waals surface area contributed by atoms with Crippen LogP contribution in [0.15, 0.2) is 53.4 Å². The van der Waals surface area contributed by atoms with Crippen molar-refractivity contribution in [3.05, 3.63) is 70.4 Å². The Morgan fingerprint density at radius 2 is 2.00 bits per heavy atom. The van der Waals surface area contributed by atoms with Gasteiger partial charge in [0.25, 0.3) is 5.70 Å². The summed E-state index contributed by atoms with van der Waals surface area (Å²) in [6.45, 7) is 13.8. The van der Waals surface area contributed by atoms with Gasteiger partial charge in [-0.25, -0.2) is 10.1 Å². The van der Waals surface area contributed by atoms with E-state index in [1.165, 1.54) is 5.69 Å². The molecule has 24 heavy (non-hydrogen) atoms. The van der Waals surface area contributed by atoms with Gasteiger partial charge in [0.05, 0.1) is 19.2 Å². The Bertz CT molecular complexity index is 723. The van der Waals surface area contributed by atoms with Gasteiger partial charge in [0.2, 0.25) is 0 Å². The van der Waals surface area contributed by atoms with Crippen LogP contribution in [0.25, 0.3) is 10.9 Å². The van der Waals surface area contributed by atoms with E-state index >= 15 is 0 Å². The first kappa shape index (κ1) is 17.4. The second-order valence-electron chi connectivity index (χ2n) is 5.34. The van der Waals surface area contributed by atoms with Gasteiger partial charge in [0.1, 0.15) is 5.76 Å². The van der Waals surface area contributed by atoms with Crippen molar-refractivity contribution in [3.63, 3.8) is 0 Å². The maximum absolute atomic E-state index is 8.97. The van der Waals surface area contributed by atoms with E-state index in [0.717, 1.165) is 24.2 Å². The van der Waals surface area contributed by atoms with E-state index in [9.17, 15) is 0 Å². The Morgan fingerprint density at radius 1 is 1.29 bits per heavy atom. The van der Waals surface area contributed by atoms with E-state index in [1.807, 2.05) is 18.2 Å². The topological polar surface area (TPSA) is 40.6 Å². The van der Waals surface area contributed by atoms with E-state index in [-0.39, 0.29) is 5.70 Å². The molecule has 1 heterocycles. The van der Waals surface area contributed by atoms with Crippen molar-refractivity contribution < 1.29 is 4.74 Å². The van der Waals surface area contributed by atoms with Crippen LogP contribution in [-0.2, 0) is 4.74 Å². The lowest BCUT2D eigenvalue weighted by molar-refractivity contribution is 0.219. The van der Waals surface area contributed by atoms with Crippen molar-refractivity contribution in [2.45, 2.75) is 20.3 Å². The molecule has 1 aromatic rings. The van der Waals surface area contributed by atoms with Crippen LogP contribution in [0.4, 0.5) is 5.69 Å². The predicted octanol–water partition coefficient (Wildman–Crippen LogP) is 4.55. The van der Waals surface area contributed by atoms with Crippen LogP contribution in [-0.4, -0.2) is 19.7 Å². The van der Waals surface area contributed by atoms with Crippen LogP contribution in [0, 0.1) is 17.9 Å². The Labute approximate surface area is 143 Å². The van der Waals surface area contributed by atoms with Crippen LogP contribution >= 0.6 is 0 Å². The second-order valence-corrected chi connectivity index (χ2v) is 5.34. The van der Waals surface area contributed by atoms with Crippen molar-refractivity contribution in [3.8, 4) is 6.07 Å². The van der Waals surface area contributed by atoms with Crippen molar-refractivity contribution in [1.29, 1.82) is 5.26 Å². The predicted molar refractivity (Wildman–Crippen MR) is 96.9 cm³/mol. The smallest absolute Gasteiger partial charge is 0.265 e. The van der Waals surface area contributed by atoms with Gasteiger partial charge in [0.15, 0.2) is 0 Å². The molecule has 0 saturated heterocycles. The number of nitrogens with zero attached hydrogens (tertiary/aromatic N) is 3. The Morgan fingerprint density at radius 3 is 2.58 bits per heavy atom. The van der Waals surface area contributed by atoms with Crippen LogP contribution in [0.1, 0.15) is 25.8 Å². The number of benzene rings is 1. The highest BCUT2D eigenvalue weighted by Crippen LogP contribution is 2.22. The number of hydrogen-bond donors (Lipinski definition) is 0. The number of nitriles is 1. The molecule has 0 unspecified atom stereocenters. The van der Waals surface area contributed by atoms with Gasteiger partial charge >= 0.3 is 0 Å². The maximum Gasteiger partial charge on any atom is 0.265 e. The summed E-state index contributed by atoms with van der Waals surface area (Å²) in [5, 5.41) is 8.97. The van der Waals surface area contributed by atoms with Crippen LogP contribution in [0.2, 0.25) is 0 Å². The Hall–Kier alpha value is -2.98. The minimum atomic E-state index is 0.146. The first-order chi connectivity index (χ1) is 11.7. The van der Waals surface area contributed by atoms with Crippen molar-refractivity contribution in [1.82, 2.24) is 0 Å². The number of rotatable bonds is 5. The van der Waals surface area contributed by atoms with Crippen LogP contribution in [0.3, 0.4) is 0 Å². The molecule has 2 rings (SSSR count). The minimum Gasteiger partial charge on any atom is -0.493 e. The molecule has 4 heteroatoms. The number of anilines is 1. The van der Waals surface area contributed by atoms with Gasteiger partial charge in [-0.2, -0.15) is 0 Å². The van der Waals surface area contributed by atoms with Crippen molar-refractivity contribution >= 4 is 11.8 Å². The van der Waals surface area contributed by atoms with E-state index in [2.05, 4.69) is 47.9 Å². The maximum atomic E-state index is 8.97. The third-order valence-electron chi connectivity index (χ3n) is 3.94. The molecule has 0 fully saturated rings. The summed E-state index contributed by atoms with van der Waals surface area (Å²) in [6.07, 6.45) is 6.23. The second kappa shape index (κ2) is 8.60. The summed E-state index contributed by atoms with van der Waals surface area (Å²) in [4.78, 5) is 5.56. The van der Waals surface area contributed by atoms with E-state index in [1.54, 1.807) is 6.08 Å². The first-order valence-corrected chi connectivity index (χ1v) is 8.10. The summed E-state index contributed by atoms with van der Waals surface area (Å²) in [5.74, 6) is 0.681. The highest BCUT2D eigenvalue weighted by Gasteiger charge is 2.11. The molecular formula is C20H21N3O. The number of hydrogen-bond acceptors (Lipinski definition) is 3. The fourth-order valence-electron chi connectivity index (χ4n) is 2.58. The molecule has 0 amide bonds. The first-order valence-electron chi connectivity index (χ1n) is 8.10. The average molecular weight is 319 g/mol. The SMILES string of the molecule is [C-]#[N+]C(C#N)=C1C=C(C=Cc2ccc(N(CC)CC)cc2)OCC1. The molecule has 0 aromatic heterocycles. The lowest BCUT2D eigenvalue weighted by Crippen LogP contribution is -2.21. The normalized spacial score (nSPS) is 15.9. The molecule has 0 atom stereocenters. The zero-order chi connectivity index (χ0) is 17.4. The highest BCUT2D eigenvalue weighted by atomic mass is 16.5. The standard InChI is InChI=1S/C20H21N3O/c1-4-23(5-2)18-9-6-16(7-10-18)8-11-19-14-17(12-13-24-19)20(15-21)22-3/h6-11,14H,4-5,12-13H2,1-2H3. The third-order valence-corrected chi connectivity index (χ3v) is 3.94. The van der Waals surface area contributed by atoms with Gasteiger partial charge in [-0.15, -0.1) is 0 Å². The summed E-state index contributed by atoms with van der Waals surface area (Å²) >= 11 is 0. The van der Waals surface area contributed by atoms with Crippen molar-refractivity contribution in [2.75, 3.05) is 24.6 Å². The quantitative estimate of drug-likeness (QED) is 0.590. The molecule has 1 aliphatic heterocycles. The molecule has 0 spiro atoms. The zero-order valence-electron chi connectivity index (χ0n) is 14.1. The molecular weight excluding hydrogens is 298 g/mol. The lowest BCUT2D eigenvalue weighted by Gasteiger charge is -2.20. The van der Waals surface area contributed by atoms with E-state index in [4.69, 9.17) is 16.6 Å². The highest BCUT2D eigenvalue weighted by molar-refractivity contribution is 5.58. The molecule has 0 radical (unpaired) electrons. The molecule has 1 aromatic carbocycles. The number of ether oxygens (including phenoxy) is 1. The third kappa shape index (κ3) is 4.27. The monoisotopic (exact) mass is 319 g/mol. The summed E-state index contributed by atoms with van der Waals surface area (Å²) in [5.41, 5.74) is 3.19.